The highest BCUT2D eigenvalue weighted by Crippen LogP contribution is 2.33. The van der Waals surface area contributed by atoms with Crippen molar-refractivity contribution in [2.24, 2.45) is 0 Å². The Hall–Kier alpha value is -2.54. The maximum absolute atomic E-state index is 13.3. The highest BCUT2D eigenvalue weighted by molar-refractivity contribution is 5.77. The van der Waals surface area contributed by atoms with Crippen molar-refractivity contribution in [2.45, 2.75) is 45.1 Å². The Kier molecular flexibility index (Phi) is 6.27. The number of fused-ring (bicyclic) bond motifs is 1. The van der Waals surface area contributed by atoms with E-state index in [0.717, 1.165) is 55.1 Å². The van der Waals surface area contributed by atoms with Crippen molar-refractivity contribution in [1.82, 2.24) is 14.9 Å². The summed E-state index contributed by atoms with van der Waals surface area (Å²) in [6.45, 7) is 5.29. The lowest BCUT2D eigenvalue weighted by molar-refractivity contribution is -0.136. The number of carbonyl (C=O) groups excluding carboxylic acids is 1. The zero-order chi connectivity index (χ0) is 21.1. The minimum atomic E-state index is -0.214. The molecule has 0 saturated carbocycles. The first-order valence-corrected chi connectivity index (χ1v) is 10.7. The molecule has 2 aliphatic heterocycles. The first-order valence-electron chi connectivity index (χ1n) is 10.7. The number of hydrogen-bond acceptors (Lipinski definition) is 5. The first kappa shape index (κ1) is 20.7. The molecule has 2 aromatic rings. The summed E-state index contributed by atoms with van der Waals surface area (Å²) >= 11 is 0. The fourth-order valence-electron chi connectivity index (χ4n) is 4.46. The van der Waals surface area contributed by atoms with Gasteiger partial charge in [0.05, 0.1) is 0 Å². The van der Waals surface area contributed by atoms with Gasteiger partial charge >= 0.3 is 0 Å². The van der Waals surface area contributed by atoms with Gasteiger partial charge in [-0.2, -0.15) is 0 Å². The molecule has 6 nitrogen and oxygen atoms in total. The molecule has 0 bridgehead atoms. The lowest BCUT2D eigenvalue weighted by atomic mass is 9.95. The normalized spacial score (nSPS) is 17.2. The maximum Gasteiger partial charge on any atom is 0.248 e. The van der Waals surface area contributed by atoms with Crippen LogP contribution in [0.25, 0.3) is 0 Å². The van der Waals surface area contributed by atoms with E-state index in [1.54, 1.807) is 7.11 Å². The molecule has 0 radical (unpaired) electrons. The van der Waals surface area contributed by atoms with Gasteiger partial charge < -0.3 is 14.5 Å². The molecule has 1 amide bonds. The van der Waals surface area contributed by atoms with Crippen molar-refractivity contribution in [3.8, 4) is 0 Å². The zero-order valence-electron chi connectivity index (χ0n) is 17.7. The summed E-state index contributed by atoms with van der Waals surface area (Å²) in [5.41, 5.74) is 3.35. The monoisotopic (exact) mass is 412 g/mol. The summed E-state index contributed by atoms with van der Waals surface area (Å²) in [7, 11) is 1.55. The van der Waals surface area contributed by atoms with Gasteiger partial charge in [-0.15, -0.1) is 0 Å². The molecular weight excluding hydrogens is 383 g/mol. The molecule has 0 atom stereocenters. The summed E-state index contributed by atoms with van der Waals surface area (Å²) < 4.78 is 18.2. The Morgan fingerprint density at radius 2 is 1.90 bits per heavy atom. The van der Waals surface area contributed by atoms with Crippen molar-refractivity contribution in [3.63, 3.8) is 0 Å². The molecule has 1 fully saturated rings. The number of anilines is 1. The molecule has 0 aliphatic carbocycles. The van der Waals surface area contributed by atoms with Crippen LogP contribution in [-0.4, -0.2) is 54.1 Å². The van der Waals surface area contributed by atoms with Crippen LogP contribution < -0.4 is 4.90 Å². The second-order valence-corrected chi connectivity index (χ2v) is 8.21. The van der Waals surface area contributed by atoms with Crippen molar-refractivity contribution in [3.05, 3.63) is 52.7 Å². The number of carbonyl (C=O) groups is 1. The van der Waals surface area contributed by atoms with E-state index in [-0.39, 0.29) is 24.2 Å². The second-order valence-electron chi connectivity index (χ2n) is 8.21. The average molecular weight is 413 g/mol. The number of likely N-dealkylation sites (tertiary alicyclic amines) is 1. The van der Waals surface area contributed by atoms with Gasteiger partial charge in [-0.25, -0.2) is 14.4 Å². The number of ether oxygens (including phenoxy) is 1. The number of nitrogens with zero attached hydrogens (tertiary/aromatic N) is 4. The van der Waals surface area contributed by atoms with Gasteiger partial charge in [-0.1, -0.05) is 12.1 Å². The molecule has 0 unspecified atom stereocenters. The molecular formula is C23H29FN4O2. The molecule has 30 heavy (non-hydrogen) atoms. The van der Waals surface area contributed by atoms with Gasteiger partial charge in [-0.3, -0.25) is 4.79 Å². The fourth-order valence-corrected chi connectivity index (χ4v) is 4.46. The molecule has 160 valence electrons. The molecule has 7 heteroatoms. The van der Waals surface area contributed by atoms with Crippen LogP contribution in [0, 0.1) is 12.7 Å². The van der Waals surface area contributed by atoms with Gasteiger partial charge in [0.25, 0.3) is 0 Å². The van der Waals surface area contributed by atoms with Gasteiger partial charge in [0.2, 0.25) is 5.91 Å². The Morgan fingerprint density at radius 3 is 2.60 bits per heavy atom. The van der Waals surface area contributed by atoms with Gasteiger partial charge in [-0.05, 0) is 50.3 Å². The summed E-state index contributed by atoms with van der Waals surface area (Å²) in [6, 6.07) is 6.70. The number of piperidine rings is 1. The van der Waals surface area contributed by atoms with E-state index in [1.165, 1.54) is 17.7 Å². The predicted molar refractivity (Wildman–Crippen MR) is 113 cm³/mol. The molecule has 4 rings (SSSR count). The number of hydrogen-bond donors (Lipinski definition) is 0. The Balaban J connectivity index is 1.52. The smallest absolute Gasteiger partial charge is 0.248 e. The summed E-state index contributed by atoms with van der Waals surface area (Å²) in [5, 5.41) is 0. The van der Waals surface area contributed by atoms with Crippen molar-refractivity contribution in [2.75, 3.05) is 38.3 Å². The molecule has 1 aromatic heterocycles. The quantitative estimate of drug-likeness (QED) is 0.755. The largest absolute Gasteiger partial charge is 0.375 e. The van der Waals surface area contributed by atoms with Crippen LogP contribution in [0.4, 0.5) is 10.2 Å². The highest BCUT2D eigenvalue weighted by atomic mass is 19.1. The highest BCUT2D eigenvalue weighted by Gasteiger charge is 2.28. The lowest BCUT2D eigenvalue weighted by Crippen LogP contribution is -2.40. The standard InChI is InChI=1S/C23H29FN4O2/c1-16-20-4-3-11-28(14-17-5-7-19(24)8-6-17)23(20)26-22(25-16)18-9-12-27(13-10-18)21(29)15-30-2/h5-8,18H,3-4,9-15H2,1-2H3. The number of halogens is 1. The van der Waals surface area contributed by atoms with Crippen LogP contribution in [0.5, 0.6) is 0 Å². The molecule has 1 aromatic carbocycles. The third-order valence-corrected chi connectivity index (χ3v) is 6.13. The van der Waals surface area contributed by atoms with Crippen LogP contribution in [0.15, 0.2) is 24.3 Å². The number of aromatic nitrogens is 2. The topological polar surface area (TPSA) is 58.6 Å². The minimum Gasteiger partial charge on any atom is -0.375 e. The number of aryl methyl sites for hydroxylation is 1. The summed E-state index contributed by atoms with van der Waals surface area (Å²) in [4.78, 5) is 26.1. The van der Waals surface area contributed by atoms with Crippen LogP contribution >= 0.6 is 0 Å². The van der Waals surface area contributed by atoms with Crippen LogP contribution in [0.1, 0.15) is 47.8 Å². The van der Waals surface area contributed by atoms with E-state index in [0.29, 0.717) is 19.6 Å². The summed E-state index contributed by atoms with van der Waals surface area (Å²) in [6.07, 6.45) is 3.79. The zero-order valence-corrected chi connectivity index (χ0v) is 17.7. The van der Waals surface area contributed by atoms with Gasteiger partial charge in [0.15, 0.2) is 0 Å². The second kappa shape index (κ2) is 9.08. The van der Waals surface area contributed by atoms with E-state index in [4.69, 9.17) is 14.7 Å². The van der Waals surface area contributed by atoms with E-state index in [1.807, 2.05) is 17.0 Å². The Labute approximate surface area is 177 Å². The molecule has 1 saturated heterocycles. The summed E-state index contributed by atoms with van der Waals surface area (Å²) in [5.74, 6) is 2.00. The van der Waals surface area contributed by atoms with Crippen LogP contribution in [0.2, 0.25) is 0 Å². The fraction of sp³-hybridized carbons (Fsp3) is 0.522. The Bertz CT molecular complexity index is 895. The third kappa shape index (κ3) is 4.46. The number of methoxy groups -OCH3 is 1. The lowest BCUT2D eigenvalue weighted by Gasteiger charge is -2.34. The van der Waals surface area contributed by atoms with Crippen molar-refractivity contribution < 1.29 is 13.9 Å². The minimum absolute atomic E-state index is 0.0453. The average Bonchev–Trinajstić information content (AvgIpc) is 2.76. The van der Waals surface area contributed by atoms with E-state index < -0.39 is 0 Å². The van der Waals surface area contributed by atoms with E-state index in [9.17, 15) is 9.18 Å². The van der Waals surface area contributed by atoms with Crippen LogP contribution in [0.3, 0.4) is 0 Å². The third-order valence-electron chi connectivity index (χ3n) is 6.13. The van der Waals surface area contributed by atoms with Crippen LogP contribution in [-0.2, 0) is 22.5 Å². The molecule has 0 N–H and O–H groups in total. The van der Waals surface area contributed by atoms with Gasteiger partial charge in [0.1, 0.15) is 24.1 Å². The van der Waals surface area contributed by atoms with E-state index >= 15 is 0 Å². The molecule has 0 spiro atoms. The first-order chi connectivity index (χ1) is 14.5. The van der Waals surface area contributed by atoms with Crippen molar-refractivity contribution >= 4 is 11.7 Å². The Morgan fingerprint density at radius 1 is 1.17 bits per heavy atom. The number of rotatable bonds is 5. The number of amides is 1. The van der Waals surface area contributed by atoms with Crippen molar-refractivity contribution in [1.29, 1.82) is 0 Å². The molecule has 2 aliphatic rings. The van der Waals surface area contributed by atoms with Gasteiger partial charge in [0, 0.05) is 50.5 Å². The SMILES string of the molecule is COCC(=O)N1CCC(c2nc(C)c3c(n2)N(Cc2ccc(F)cc2)CCC3)CC1. The molecule has 3 heterocycles. The number of benzene rings is 1. The van der Waals surface area contributed by atoms with E-state index in [2.05, 4.69) is 11.8 Å². The predicted octanol–water partition coefficient (Wildman–Crippen LogP) is 3.23. The maximum atomic E-state index is 13.3.